The highest BCUT2D eigenvalue weighted by molar-refractivity contribution is 5.98. The van der Waals surface area contributed by atoms with Crippen LogP contribution in [0.3, 0.4) is 0 Å². The summed E-state index contributed by atoms with van der Waals surface area (Å²) < 4.78 is 5.21. The number of hydrogen-bond donors (Lipinski definition) is 2. The molecule has 0 fully saturated rings. The lowest BCUT2D eigenvalue weighted by Gasteiger charge is -2.21. The number of carbonyl (C=O) groups is 3. The van der Waals surface area contributed by atoms with Gasteiger partial charge in [0.2, 0.25) is 0 Å². The highest BCUT2D eigenvalue weighted by Crippen LogP contribution is 2.18. The molecule has 1 aromatic carbocycles. The molecule has 0 bridgehead atoms. The minimum Gasteiger partial charge on any atom is -0.448 e. The van der Waals surface area contributed by atoms with Gasteiger partial charge in [-0.25, -0.2) is 4.79 Å². The van der Waals surface area contributed by atoms with Gasteiger partial charge < -0.3 is 15.0 Å². The highest BCUT2D eigenvalue weighted by atomic mass is 16.5. The van der Waals surface area contributed by atoms with Crippen LogP contribution in [-0.4, -0.2) is 28.7 Å². The van der Waals surface area contributed by atoms with Crippen molar-refractivity contribution in [2.24, 2.45) is 0 Å². The molecule has 6 nitrogen and oxygen atoms in total. The van der Waals surface area contributed by atoms with E-state index in [9.17, 15) is 14.4 Å². The first-order valence-corrected chi connectivity index (χ1v) is 8.68. The second-order valence-electron chi connectivity index (χ2n) is 6.17. The van der Waals surface area contributed by atoms with Gasteiger partial charge in [0, 0.05) is 11.8 Å². The Bertz CT molecular complexity index is 767. The number of hydrogen-bond acceptors (Lipinski definition) is 4. The number of Topliss-reactive ketones (excluding diaryl/α,β-unsaturated/α-hetero) is 1. The molecule has 0 saturated carbocycles. The molecule has 0 saturated heterocycles. The quantitative estimate of drug-likeness (QED) is 0.560. The van der Waals surface area contributed by atoms with Crippen LogP contribution in [0.1, 0.15) is 66.1 Å². The maximum atomic E-state index is 12.4. The summed E-state index contributed by atoms with van der Waals surface area (Å²) >= 11 is 0. The smallest absolute Gasteiger partial charge is 0.355 e. The summed E-state index contributed by atoms with van der Waals surface area (Å²) in [6.07, 6.45) is 2.19. The summed E-state index contributed by atoms with van der Waals surface area (Å²) in [5, 5.41) is 2.93. The Balaban J connectivity index is 1.98. The standard InChI is InChI=1S/C20H24N2O4/c1-4-8-17(15-9-6-5-7-10-15)22-19(24)14(3)26-20(25)18-11-16(12-21-18)13(2)23/h5-7,9-12,14,17,21H,4,8H2,1-3H3,(H,22,24)/t14-,17-/m0/s1. The molecule has 2 rings (SSSR count). The monoisotopic (exact) mass is 356 g/mol. The van der Waals surface area contributed by atoms with Crippen molar-refractivity contribution < 1.29 is 19.1 Å². The van der Waals surface area contributed by atoms with Gasteiger partial charge in [0.15, 0.2) is 11.9 Å². The van der Waals surface area contributed by atoms with Crippen LogP contribution in [0.2, 0.25) is 0 Å². The normalized spacial score (nSPS) is 12.9. The maximum absolute atomic E-state index is 12.4. The van der Waals surface area contributed by atoms with E-state index in [1.807, 2.05) is 37.3 Å². The Kier molecular flexibility index (Phi) is 6.72. The van der Waals surface area contributed by atoms with Crippen LogP contribution in [0.25, 0.3) is 0 Å². The van der Waals surface area contributed by atoms with Gasteiger partial charge >= 0.3 is 5.97 Å². The molecular formula is C20H24N2O4. The average Bonchev–Trinajstić information content (AvgIpc) is 3.12. The lowest BCUT2D eigenvalue weighted by atomic mass is 10.0. The van der Waals surface area contributed by atoms with Gasteiger partial charge in [-0.1, -0.05) is 43.7 Å². The van der Waals surface area contributed by atoms with Gasteiger partial charge in [0.05, 0.1) is 6.04 Å². The number of ether oxygens (including phenoxy) is 1. The van der Waals surface area contributed by atoms with Crippen LogP contribution < -0.4 is 5.32 Å². The van der Waals surface area contributed by atoms with Crippen molar-refractivity contribution in [3.63, 3.8) is 0 Å². The van der Waals surface area contributed by atoms with Crippen molar-refractivity contribution in [2.75, 3.05) is 0 Å². The Morgan fingerprint density at radius 1 is 1.19 bits per heavy atom. The molecule has 0 aliphatic carbocycles. The third kappa shape index (κ3) is 5.05. The number of aromatic nitrogens is 1. The van der Waals surface area contributed by atoms with E-state index in [0.717, 1.165) is 18.4 Å². The van der Waals surface area contributed by atoms with E-state index in [1.54, 1.807) is 0 Å². The first kappa shape index (κ1) is 19.4. The predicted octanol–water partition coefficient (Wildman–Crippen LogP) is 3.42. The van der Waals surface area contributed by atoms with Crippen LogP contribution in [0.4, 0.5) is 0 Å². The molecule has 0 radical (unpaired) electrons. The third-order valence-electron chi connectivity index (χ3n) is 4.06. The zero-order valence-corrected chi connectivity index (χ0v) is 15.2. The summed E-state index contributed by atoms with van der Waals surface area (Å²) in [5.41, 5.74) is 1.54. The van der Waals surface area contributed by atoms with Crippen LogP contribution in [0, 0.1) is 0 Å². The van der Waals surface area contributed by atoms with Gasteiger partial charge in [0.25, 0.3) is 5.91 Å². The fourth-order valence-corrected chi connectivity index (χ4v) is 2.58. The highest BCUT2D eigenvalue weighted by Gasteiger charge is 2.23. The molecule has 2 atom stereocenters. The van der Waals surface area contributed by atoms with Crippen molar-refractivity contribution in [3.05, 3.63) is 59.4 Å². The SMILES string of the molecule is CCC[C@H](NC(=O)[C@H](C)OC(=O)c1cc(C(C)=O)c[nH]1)c1ccccc1. The number of amides is 1. The number of nitrogens with one attached hydrogen (secondary N) is 2. The van der Waals surface area contributed by atoms with E-state index in [2.05, 4.69) is 10.3 Å². The van der Waals surface area contributed by atoms with Crippen molar-refractivity contribution in [1.82, 2.24) is 10.3 Å². The Morgan fingerprint density at radius 2 is 1.88 bits per heavy atom. The maximum Gasteiger partial charge on any atom is 0.355 e. The molecular weight excluding hydrogens is 332 g/mol. The zero-order chi connectivity index (χ0) is 19.1. The van der Waals surface area contributed by atoms with E-state index in [1.165, 1.54) is 26.1 Å². The molecule has 0 unspecified atom stereocenters. The molecule has 0 aliphatic heterocycles. The van der Waals surface area contributed by atoms with E-state index in [-0.39, 0.29) is 23.4 Å². The number of H-pyrrole nitrogens is 1. The molecule has 1 amide bonds. The van der Waals surface area contributed by atoms with Crippen molar-refractivity contribution in [3.8, 4) is 0 Å². The zero-order valence-electron chi connectivity index (χ0n) is 15.2. The second-order valence-corrected chi connectivity index (χ2v) is 6.17. The Labute approximate surface area is 152 Å². The van der Waals surface area contributed by atoms with Gasteiger partial charge in [0.1, 0.15) is 5.69 Å². The summed E-state index contributed by atoms with van der Waals surface area (Å²) in [5.74, 6) is -1.19. The predicted molar refractivity (Wildman–Crippen MR) is 97.9 cm³/mol. The number of carbonyl (C=O) groups excluding carboxylic acids is 3. The van der Waals surface area contributed by atoms with Gasteiger partial charge in [-0.2, -0.15) is 0 Å². The number of esters is 1. The number of aromatic amines is 1. The summed E-state index contributed by atoms with van der Waals surface area (Å²) in [4.78, 5) is 38.5. The van der Waals surface area contributed by atoms with Crippen LogP contribution >= 0.6 is 0 Å². The minimum absolute atomic E-state index is 0.135. The molecule has 2 aromatic rings. The van der Waals surface area contributed by atoms with E-state index >= 15 is 0 Å². The fourth-order valence-electron chi connectivity index (χ4n) is 2.58. The average molecular weight is 356 g/mol. The Hall–Kier alpha value is -2.89. The van der Waals surface area contributed by atoms with Crippen molar-refractivity contribution >= 4 is 17.7 Å². The van der Waals surface area contributed by atoms with E-state index < -0.39 is 12.1 Å². The van der Waals surface area contributed by atoms with Crippen molar-refractivity contribution in [1.29, 1.82) is 0 Å². The fraction of sp³-hybridized carbons (Fsp3) is 0.350. The molecule has 6 heteroatoms. The molecule has 26 heavy (non-hydrogen) atoms. The molecule has 0 aliphatic rings. The van der Waals surface area contributed by atoms with Crippen molar-refractivity contribution in [2.45, 2.75) is 45.8 Å². The minimum atomic E-state index is -0.949. The van der Waals surface area contributed by atoms with E-state index in [4.69, 9.17) is 4.74 Å². The second kappa shape index (κ2) is 8.99. The molecule has 2 N–H and O–H groups in total. The summed E-state index contributed by atoms with van der Waals surface area (Å²) in [7, 11) is 0. The van der Waals surface area contributed by atoms with Gasteiger partial charge in [-0.3, -0.25) is 9.59 Å². The summed E-state index contributed by atoms with van der Waals surface area (Å²) in [6.45, 7) is 4.98. The Morgan fingerprint density at radius 3 is 2.46 bits per heavy atom. The number of ketones is 1. The lowest BCUT2D eigenvalue weighted by molar-refractivity contribution is -0.129. The van der Waals surface area contributed by atoms with Crippen LogP contribution in [-0.2, 0) is 9.53 Å². The topological polar surface area (TPSA) is 88.3 Å². The van der Waals surface area contributed by atoms with Gasteiger partial charge in [-0.15, -0.1) is 0 Å². The first-order chi connectivity index (χ1) is 12.4. The first-order valence-electron chi connectivity index (χ1n) is 8.68. The summed E-state index contributed by atoms with van der Waals surface area (Å²) in [6, 6.07) is 11.0. The van der Waals surface area contributed by atoms with Crippen LogP contribution in [0.5, 0.6) is 0 Å². The molecule has 1 heterocycles. The van der Waals surface area contributed by atoms with Crippen LogP contribution in [0.15, 0.2) is 42.6 Å². The van der Waals surface area contributed by atoms with Gasteiger partial charge in [-0.05, 0) is 31.9 Å². The van der Waals surface area contributed by atoms with E-state index in [0.29, 0.717) is 5.56 Å². The molecule has 0 spiro atoms. The largest absolute Gasteiger partial charge is 0.448 e. The molecule has 1 aromatic heterocycles. The molecule has 138 valence electrons. The number of rotatable bonds is 8. The number of benzene rings is 1. The third-order valence-corrected chi connectivity index (χ3v) is 4.06. The lowest BCUT2D eigenvalue weighted by Crippen LogP contribution is -2.38.